The molecule has 2 aromatic heterocycles. The van der Waals surface area contributed by atoms with Crippen molar-refractivity contribution in [1.82, 2.24) is 14.7 Å². The van der Waals surface area contributed by atoms with E-state index in [4.69, 9.17) is 9.84 Å². The molecule has 0 bridgehead atoms. The molecule has 23 heavy (non-hydrogen) atoms. The summed E-state index contributed by atoms with van der Waals surface area (Å²) in [5, 5.41) is 6.78. The van der Waals surface area contributed by atoms with E-state index in [-0.39, 0.29) is 6.09 Å². The van der Waals surface area contributed by atoms with Crippen molar-refractivity contribution in [2.45, 2.75) is 45.8 Å². The molecule has 124 valence electrons. The van der Waals surface area contributed by atoms with Gasteiger partial charge in [-0.25, -0.2) is 4.79 Å². The quantitative estimate of drug-likeness (QED) is 0.847. The standard InChI is InChI=1S/C17H23N3O2S/c1-17(2,3)22-16(21)19-8-6-13-11-20(18-15(13)7-9-19)12-14-5-4-10-23-14/h4-5,10-11H,6-9,12H2,1-3H3. The third-order valence-electron chi connectivity index (χ3n) is 3.74. The number of thiophene rings is 1. The molecule has 3 rings (SSSR count). The van der Waals surface area contributed by atoms with Crippen LogP contribution in [0.4, 0.5) is 4.79 Å². The Balaban J connectivity index is 1.63. The van der Waals surface area contributed by atoms with Gasteiger partial charge in [0, 0.05) is 30.6 Å². The number of carbonyl (C=O) groups excluding carboxylic acids is 1. The monoisotopic (exact) mass is 333 g/mol. The van der Waals surface area contributed by atoms with Gasteiger partial charge in [-0.2, -0.15) is 5.10 Å². The van der Waals surface area contributed by atoms with Crippen molar-refractivity contribution < 1.29 is 9.53 Å². The maximum atomic E-state index is 12.2. The van der Waals surface area contributed by atoms with E-state index in [9.17, 15) is 4.79 Å². The Morgan fingerprint density at radius 2 is 2.13 bits per heavy atom. The molecule has 1 aliphatic rings. The molecule has 0 saturated heterocycles. The van der Waals surface area contributed by atoms with E-state index in [1.54, 1.807) is 16.2 Å². The third kappa shape index (κ3) is 4.13. The van der Waals surface area contributed by atoms with Crippen LogP contribution in [-0.2, 0) is 24.1 Å². The largest absolute Gasteiger partial charge is 0.444 e. The van der Waals surface area contributed by atoms with Crippen LogP contribution in [0.3, 0.4) is 0 Å². The zero-order chi connectivity index (χ0) is 16.4. The number of fused-ring (bicyclic) bond motifs is 1. The van der Waals surface area contributed by atoms with E-state index >= 15 is 0 Å². The van der Waals surface area contributed by atoms with Gasteiger partial charge in [-0.1, -0.05) is 6.07 Å². The number of rotatable bonds is 2. The fourth-order valence-corrected chi connectivity index (χ4v) is 3.38. The summed E-state index contributed by atoms with van der Waals surface area (Å²) in [4.78, 5) is 15.3. The Bertz CT molecular complexity index is 645. The van der Waals surface area contributed by atoms with E-state index in [0.29, 0.717) is 13.1 Å². The second-order valence-corrected chi connectivity index (χ2v) is 7.88. The number of amides is 1. The van der Waals surface area contributed by atoms with Crippen molar-refractivity contribution >= 4 is 17.4 Å². The first kappa shape index (κ1) is 16.1. The topological polar surface area (TPSA) is 47.4 Å². The summed E-state index contributed by atoms with van der Waals surface area (Å²) >= 11 is 1.75. The minimum Gasteiger partial charge on any atom is -0.444 e. The van der Waals surface area contributed by atoms with Crippen LogP contribution in [0.1, 0.15) is 36.9 Å². The molecule has 5 nitrogen and oxygen atoms in total. The first-order valence-electron chi connectivity index (χ1n) is 7.96. The van der Waals surface area contributed by atoms with E-state index < -0.39 is 5.60 Å². The molecule has 0 N–H and O–H groups in total. The molecule has 1 amide bonds. The maximum absolute atomic E-state index is 12.2. The van der Waals surface area contributed by atoms with E-state index in [1.807, 2.05) is 25.5 Å². The Kier molecular flexibility index (Phi) is 4.43. The Hall–Kier alpha value is -1.82. The molecular weight excluding hydrogens is 310 g/mol. The van der Waals surface area contributed by atoms with Gasteiger partial charge in [0.1, 0.15) is 5.60 Å². The first-order chi connectivity index (χ1) is 10.9. The van der Waals surface area contributed by atoms with Crippen LogP contribution in [0.25, 0.3) is 0 Å². The second kappa shape index (κ2) is 6.35. The van der Waals surface area contributed by atoms with Crippen LogP contribution in [0.2, 0.25) is 0 Å². The summed E-state index contributed by atoms with van der Waals surface area (Å²) in [6.07, 6.45) is 3.51. The predicted octanol–water partition coefficient (Wildman–Crippen LogP) is 3.33. The highest BCUT2D eigenvalue weighted by Crippen LogP contribution is 2.18. The fourth-order valence-electron chi connectivity index (χ4n) is 2.68. The van der Waals surface area contributed by atoms with Gasteiger partial charge in [0.15, 0.2) is 0 Å². The van der Waals surface area contributed by atoms with Crippen LogP contribution in [0.5, 0.6) is 0 Å². The van der Waals surface area contributed by atoms with Gasteiger partial charge in [0.25, 0.3) is 0 Å². The number of ether oxygens (including phenoxy) is 1. The van der Waals surface area contributed by atoms with Gasteiger partial charge >= 0.3 is 6.09 Å². The smallest absolute Gasteiger partial charge is 0.410 e. The molecule has 2 aromatic rings. The summed E-state index contributed by atoms with van der Waals surface area (Å²) < 4.78 is 7.48. The van der Waals surface area contributed by atoms with Gasteiger partial charge < -0.3 is 9.64 Å². The average Bonchev–Trinajstić information content (AvgIpc) is 3.04. The fraction of sp³-hybridized carbons (Fsp3) is 0.529. The summed E-state index contributed by atoms with van der Waals surface area (Å²) in [7, 11) is 0. The molecule has 0 atom stereocenters. The number of hydrogen-bond donors (Lipinski definition) is 0. The Morgan fingerprint density at radius 1 is 1.35 bits per heavy atom. The van der Waals surface area contributed by atoms with Crippen molar-refractivity contribution in [3.05, 3.63) is 39.8 Å². The molecule has 0 saturated carbocycles. The number of hydrogen-bond acceptors (Lipinski definition) is 4. The number of aromatic nitrogens is 2. The van der Waals surface area contributed by atoms with Crippen LogP contribution in [0, 0.1) is 0 Å². The van der Waals surface area contributed by atoms with Crippen LogP contribution in [0.15, 0.2) is 23.7 Å². The van der Waals surface area contributed by atoms with Gasteiger partial charge in [0.05, 0.1) is 12.2 Å². The molecule has 0 spiro atoms. The van der Waals surface area contributed by atoms with E-state index in [1.165, 1.54) is 10.4 Å². The number of carbonyl (C=O) groups is 1. The lowest BCUT2D eigenvalue weighted by Crippen LogP contribution is -2.38. The highest BCUT2D eigenvalue weighted by molar-refractivity contribution is 7.09. The van der Waals surface area contributed by atoms with Gasteiger partial charge in [-0.05, 0) is 44.2 Å². The van der Waals surface area contributed by atoms with Crippen LogP contribution in [-0.4, -0.2) is 39.5 Å². The Morgan fingerprint density at radius 3 is 2.83 bits per heavy atom. The van der Waals surface area contributed by atoms with Crippen molar-refractivity contribution in [3.63, 3.8) is 0 Å². The third-order valence-corrected chi connectivity index (χ3v) is 4.61. The molecule has 0 unspecified atom stereocenters. The summed E-state index contributed by atoms with van der Waals surface area (Å²) in [5.41, 5.74) is 1.90. The van der Waals surface area contributed by atoms with E-state index in [2.05, 4.69) is 23.7 Å². The zero-order valence-electron chi connectivity index (χ0n) is 13.9. The Labute approximate surface area is 140 Å². The van der Waals surface area contributed by atoms with Gasteiger partial charge in [-0.15, -0.1) is 11.3 Å². The molecule has 0 aromatic carbocycles. The van der Waals surface area contributed by atoms with Crippen molar-refractivity contribution in [1.29, 1.82) is 0 Å². The van der Waals surface area contributed by atoms with Crippen molar-refractivity contribution in [2.24, 2.45) is 0 Å². The van der Waals surface area contributed by atoms with Crippen molar-refractivity contribution in [3.8, 4) is 0 Å². The first-order valence-corrected chi connectivity index (χ1v) is 8.84. The lowest BCUT2D eigenvalue weighted by atomic mass is 10.2. The molecule has 3 heterocycles. The summed E-state index contributed by atoms with van der Waals surface area (Å²) in [5.74, 6) is 0. The molecule has 1 aliphatic heterocycles. The molecule has 0 aliphatic carbocycles. The maximum Gasteiger partial charge on any atom is 0.410 e. The van der Waals surface area contributed by atoms with Crippen molar-refractivity contribution in [2.75, 3.05) is 13.1 Å². The predicted molar refractivity (Wildman–Crippen MR) is 90.9 cm³/mol. The normalized spacial score (nSPS) is 15.2. The second-order valence-electron chi connectivity index (χ2n) is 6.85. The highest BCUT2D eigenvalue weighted by atomic mass is 32.1. The summed E-state index contributed by atoms with van der Waals surface area (Å²) in [6, 6.07) is 4.19. The number of nitrogens with zero attached hydrogens (tertiary/aromatic N) is 3. The molecule has 0 radical (unpaired) electrons. The van der Waals surface area contributed by atoms with Gasteiger partial charge in [-0.3, -0.25) is 4.68 Å². The zero-order valence-corrected chi connectivity index (χ0v) is 14.7. The minimum absolute atomic E-state index is 0.228. The molecule has 6 heteroatoms. The van der Waals surface area contributed by atoms with Crippen LogP contribution >= 0.6 is 11.3 Å². The SMILES string of the molecule is CC(C)(C)OC(=O)N1CCc2cn(Cc3cccs3)nc2CC1. The lowest BCUT2D eigenvalue weighted by molar-refractivity contribution is 0.0258. The van der Waals surface area contributed by atoms with E-state index in [0.717, 1.165) is 25.1 Å². The van der Waals surface area contributed by atoms with Crippen LogP contribution < -0.4 is 0 Å². The molecular formula is C17H23N3O2S. The minimum atomic E-state index is -0.451. The highest BCUT2D eigenvalue weighted by Gasteiger charge is 2.25. The summed E-state index contributed by atoms with van der Waals surface area (Å²) in [6.45, 7) is 7.86. The molecule has 0 fully saturated rings. The van der Waals surface area contributed by atoms with Gasteiger partial charge in [0.2, 0.25) is 0 Å². The average molecular weight is 333 g/mol. The lowest BCUT2D eigenvalue weighted by Gasteiger charge is -2.26.